The average molecular weight is 336 g/mol. The first-order chi connectivity index (χ1) is 10.5. The van der Waals surface area contributed by atoms with Gasteiger partial charge in [-0.2, -0.15) is 0 Å². The Bertz CT molecular complexity index is 727. The van der Waals surface area contributed by atoms with Gasteiger partial charge in [0.15, 0.2) is 0 Å². The summed E-state index contributed by atoms with van der Waals surface area (Å²) in [6, 6.07) is 10.6. The van der Waals surface area contributed by atoms with E-state index in [2.05, 4.69) is 5.32 Å². The largest absolute Gasteiger partial charge is 0.495 e. The van der Waals surface area contributed by atoms with E-state index in [9.17, 15) is 4.79 Å². The number of halogens is 2. The van der Waals surface area contributed by atoms with E-state index in [0.717, 1.165) is 11.1 Å². The Morgan fingerprint density at radius 3 is 2.64 bits per heavy atom. The molecule has 0 atom stereocenters. The third-order valence-electron chi connectivity index (χ3n) is 3.06. The van der Waals surface area contributed by atoms with Gasteiger partial charge in [0.25, 0.3) is 0 Å². The second-order valence-corrected chi connectivity index (χ2v) is 5.52. The summed E-state index contributed by atoms with van der Waals surface area (Å²) in [7, 11) is 1.55. The lowest BCUT2D eigenvalue weighted by Crippen LogP contribution is -2.08. The number of nitrogens with one attached hydrogen (secondary N) is 1. The molecule has 0 unspecified atom stereocenters. The maximum absolute atomic E-state index is 12.0. The second-order valence-electron chi connectivity index (χ2n) is 4.68. The molecule has 1 N–H and O–H groups in total. The predicted molar refractivity (Wildman–Crippen MR) is 91.9 cm³/mol. The van der Waals surface area contributed by atoms with E-state index < -0.39 is 0 Å². The van der Waals surface area contributed by atoms with Crippen LogP contribution in [0.4, 0.5) is 5.69 Å². The highest BCUT2D eigenvalue weighted by atomic mass is 35.5. The minimum Gasteiger partial charge on any atom is -0.495 e. The van der Waals surface area contributed by atoms with Crippen molar-refractivity contribution in [2.24, 2.45) is 0 Å². The van der Waals surface area contributed by atoms with Gasteiger partial charge in [0.05, 0.1) is 12.1 Å². The van der Waals surface area contributed by atoms with E-state index in [-0.39, 0.29) is 5.91 Å². The van der Waals surface area contributed by atoms with Crippen molar-refractivity contribution in [3.05, 3.63) is 63.6 Å². The van der Waals surface area contributed by atoms with Crippen LogP contribution in [0, 0.1) is 6.92 Å². The third kappa shape index (κ3) is 4.26. The highest BCUT2D eigenvalue weighted by Crippen LogP contribution is 2.25. The summed E-state index contributed by atoms with van der Waals surface area (Å²) in [6.07, 6.45) is 3.12. The molecule has 0 aliphatic rings. The Hall–Kier alpha value is -1.97. The van der Waals surface area contributed by atoms with Crippen LogP contribution in [0.15, 0.2) is 42.5 Å². The first kappa shape index (κ1) is 16.4. The molecule has 0 aliphatic carbocycles. The van der Waals surface area contributed by atoms with Gasteiger partial charge >= 0.3 is 0 Å². The number of hydrogen-bond donors (Lipinski definition) is 1. The van der Waals surface area contributed by atoms with Crippen molar-refractivity contribution in [3.63, 3.8) is 0 Å². The molecule has 5 heteroatoms. The smallest absolute Gasteiger partial charge is 0.248 e. The summed E-state index contributed by atoms with van der Waals surface area (Å²) in [4.78, 5) is 12.0. The number of amides is 1. The van der Waals surface area contributed by atoms with Crippen LogP contribution in [0.1, 0.15) is 11.1 Å². The number of ether oxygens (including phenoxy) is 1. The lowest BCUT2D eigenvalue weighted by Gasteiger charge is -2.06. The van der Waals surface area contributed by atoms with Gasteiger partial charge in [-0.25, -0.2) is 0 Å². The molecule has 0 fully saturated rings. The molecule has 1 amide bonds. The van der Waals surface area contributed by atoms with Crippen molar-refractivity contribution in [2.45, 2.75) is 6.92 Å². The Labute approximate surface area is 139 Å². The molecule has 0 saturated carbocycles. The zero-order valence-electron chi connectivity index (χ0n) is 12.2. The van der Waals surface area contributed by atoms with Gasteiger partial charge in [0, 0.05) is 16.8 Å². The fraction of sp³-hybridized carbons (Fsp3) is 0.118. The molecule has 22 heavy (non-hydrogen) atoms. The lowest BCUT2D eigenvalue weighted by molar-refractivity contribution is -0.111. The summed E-state index contributed by atoms with van der Waals surface area (Å²) in [5.41, 5.74) is 2.44. The normalized spacial score (nSPS) is 10.7. The molecule has 0 aliphatic heterocycles. The first-order valence-corrected chi connectivity index (χ1v) is 7.34. The summed E-state index contributed by atoms with van der Waals surface area (Å²) < 4.78 is 5.08. The quantitative estimate of drug-likeness (QED) is 0.801. The number of rotatable bonds is 4. The molecule has 2 aromatic carbocycles. The van der Waals surface area contributed by atoms with Gasteiger partial charge < -0.3 is 10.1 Å². The predicted octanol–water partition coefficient (Wildman–Crippen LogP) is 4.96. The molecule has 0 spiro atoms. The summed E-state index contributed by atoms with van der Waals surface area (Å²) in [6.45, 7) is 1.90. The van der Waals surface area contributed by atoms with E-state index in [0.29, 0.717) is 21.5 Å². The van der Waals surface area contributed by atoms with Crippen LogP contribution < -0.4 is 10.1 Å². The molecular formula is C17H15Cl2NO2. The van der Waals surface area contributed by atoms with Gasteiger partial charge in [-0.15, -0.1) is 0 Å². The Kier molecular flexibility index (Phi) is 5.47. The van der Waals surface area contributed by atoms with Crippen LogP contribution in [0.3, 0.4) is 0 Å². The molecule has 114 valence electrons. The van der Waals surface area contributed by atoms with Crippen LogP contribution in [0.5, 0.6) is 5.75 Å². The van der Waals surface area contributed by atoms with Crippen molar-refractivity contribution in [1.82, 2.24) is 0 Å². The van der Waals surface area contributed by atoms with Gasteiger partial charge in [-0.05, 0) is 48.4 Å². The van der Waals surface area contributed by atoms with Gasteiger partial charge in [-0.1, -0.05) is 35.3 Å². The monoisotopic (exact) mass is 335 g/mol. The summed E-state index contributed by atoms with van der Waals surface area (Å²) in [5.74, 6) is 0.357. The zero-order valence-corrected chi connectivity index (χ0v) is 13.7. The molecule has 0 radical (unpaired) electrons. The summed E-state index contributed by atoms with van der Waals surface area (Å²) in [5, 5.41) is 3.86. The number of benzene rings is 2. The third-order valence-corrected chi connectivity index (χ3v) is 3.59. The van der Waals surface area contributed by atoms with Gasteiger partial charge in [0.2, 0.25) is 5.91 Å². The Morgan fingerprint density at radius 2 is 1.95 bits per heavy atom. The molecular weight excluding hydrogens is 321 g/mol. The Balaban J connectivity index is 2.08. The molecule has 0 heterocycles. The van der Waals surface area contributed by atoms with Crippen molar-refractivity contribution < 1.29 is 9.53 Å². The van der Waals surface area contributed by atoms with Crippen molar-refractivity contribution >= 4 is 40.9 Å². The SMILES string of the molecule is COc1ccc(/C=C/C(=O)Nc2cc(Cl)ccc2C)cc1Cl. The first-order valence-electron chi connectivity index (χ1n) is 6.58. The summed E-state index contributed by atoms with van der Waals surface area (Å²) >= 11 is 12.0. The van der Waals surface area contributed by atoms with Crippen LogP contribution >= 0.6 is 23.2 Å². The fourth-order valence-electron chi connectivity index (χ4n) is 1.86. The second kappa shape index (κ2) is 7.34. The van der Waals surface area contributed by atoms with E-state index in [1.807, 2.05) is 19.1 Å². The molecule has 3 nitrogen and oxygen atoms in total. The number of methoxy groups -OCH3 is 1. The molecule has 2 aromatic rings. The van der Waals surface area contributed by atoms with Crippen LogP contribution in [0.2, 0.25) is 10.0 Å². The van der Waals surface area contributed by atoms with Crippen molar-refractivity contribution in [2.75, 3.05) is 12.4 Å². The number of carbonyl (C=O) groups excluding carboxylic acids is 1. The topological polar surface area (TPSA) is 38.3 Å². The van der Waals surface area contributed by atoms with E-state index in [1.165, 1.54) is 6.08 Å². The molecule has 2 rings (SSSR count). The number of anilines is 1. The fourth-order valence-corrected chi connectivity index (χ4v) is 2.30. The van der Waals surface area contributed by atoms with Crippen LogP contribution in [0.25, 0.3) is 6.08 Å². The molecule has 0 aromatic heterocycles. The standard InChI is InChI=1S/C17H15Cl2NO2/c1-11-3-6-13(18)10-15(11)20-17(21)8-5-12-4-7-16(22-2)14(19)9-12/h3-10H,1-2H3,(H,20,21)/b8-5+. The van der Waals surface area contributed by atoms with Gasteiger partial charge in [-0.3, -0.25) is 4.79 Å². The van der Waals surface area contributed by atoms with E-state index in [1.54, 1.807) is 37.5 Å². The van der Waals surface area contributed by atoms with Crippen LogP contribution in [-0.4, -0.2) is 13.0 Å². The average Bonchev–Trinajstić information content (AvgIpc) is 2.49. The van der Waals surface area contributed by atoms with Crippen molar-refractivity contribution in [3.8, 4) is 5.75 Å². The minimum absolute atomic E-state index is 0.239. The van der Waals surface area contributed by atoms with Gasteiger partial charge in [0.1, 0.15) is 5.75 Å². The van der Waals surface area contributed by atoms with E-state index in [4.69, 9.17) is 27.9 Å². The maximum Gasteiger partial charge on any atom is 0.248 e. The zero-order chi connectivity index (χ0) is 16.1. The Morgan fingerprint density at radius 1 is 1.18 bits per heavy atom. The highest BCUT2D eigenvalue weighted by Gasteiger charge is 2.03. The highest BCUT2D eigenvalue weighted by molar-refractivity contribution is 6.32. The molecule has 0 saturated heterocycles. The van der Waals surface area contributed by atoms with Crippen LogP contribution in [-0.2, 0) is 4.79 Å². The molecule has 0 bridgehead atoms. The number of carbonyl (C=O) groups is 1. The maximum atomic E-state index is 12.0. The van der Waals surface area contributed by atoms with Crippen molar-refractivity contribution in [1.29, 1.82) is 0 Å². The number of aryl methyl sites for hydroxylation is 1. The number of hydrogen-bond acceptors (Lipinski definition) is 2. The van der Waals surface area contributed by atoms with E-state index >= 15 is 0 Å². The lowest BCUT2D eigenvalue weighted by atomic mass is 10.2. The minimum atomic E-state index is -0.239.